The normalized spacial score (nSPS) is 11.1. The highest BCUT2D eigenvalue weighted by atomic mass is 16.3. The molecule has 1 aromatic heterocycles. The van der Waals surface area contributed by atoms with Gasteiger partial charge in [0, 0.05) is 28.0 Å². The molecular weight excluding hydrogens is 703 g/mol. The molecule has 10 rings (SSSR count). The van der Waals surface area contributed by atoms with Crippen molar-refractivity contribution in [1.29, 1.82) is 0 Å². The molecule has 0 N–H and O–H groups in total. The van der Waals surface area contributed by atoms with Gasteiger partial charge in [0.25, 0.3) is 0 Å². The molecule has 10 aromatic rings. The Labute approximate surface area is 339 Å². The number of hydrogen-bond donors (Lipinski definition) is 0. The van der Waals surface area contributed by atoms with Crippen LogP contribution < -0.4 is 4.90 Å². The van der Waals surface area contributed by atoms with Crippen molar-refractivity contribution in [2.24, 2.45) is 0 Å². The number of rotatable bonds is 9. The fraction of sp³-hybridized carbons (Fsp3) is 0. The van der Waals surface area contributed by atoms with Gasteiger partial charge in [0.05, 0.1) is 0 Å². The van der Waals surface area contributed by atoms with Crippen molar-refractivity contribution < 1.29 is 4.42 Å². The Morgan fingerprint density at radius 1 is 0.259 bits per heavy atom. The van der Waals surface area contributed by atoms with Crippen LogP contribution in [0.1, 0.15) is 0 Å². The van der Waals surface area contributed by atoms with E-state index in [0.717, 1.165) is 50.5 Å². The minimum Gasteiger partial charge on any atom is -0.456 e. The minimum atomic E-state index is 0.867. The maximum absolute atomic E-state index is 6.33. The van der Waals surface area contributed by atoms with E-state index >= 15 is 0 Å². The van der Waals surface area contributed by atoms with Crippen molar-refractivity contribution in [2.45, 2.75) is 0 Å². The second-order valence-electron chi connectivity index (χ2n) is 14.6. The fourth-order valence-electron chi connectivity index (χ4n) is 7.93. The Morgan fingerprint density at radius 3 is 1.12 bits per heavy atom. The lowest BCUT2D eigenvalue weighted by atomic mass is 9.97. The molecule has 0 saturated carbocycles. The third-order valence-corrected chi connectivity index (χ3v) is 10.9. The number of benzene rings is 9. The Hall–Kier alpha value is -7.68. The lowest BCUT2D eigenvalue weighted by Gasteiger charge is -2.26. The first-order valence-corrected chi connectivity index (χ1v) is 19.7. The topological polar surface area (TPSA) is 16.4 Å². The average Bonchev–Trinajstić information content (AvgIpc) is 3.75. The lowest BCUT2D eigenvalue weighted by molar-refractivity contribution is 0.632. The van der Waals surface area contributed by atoms with Crippen LogP contribution in [0.4, 0.5) is 17.1 Å². The highest BCUT2D eigenvalue weighted by Crippen LogP contribution is 2.40. The smallest absolute Gasteiger partial charge is 0.136 e. The van der Waals surface area contributed by atoms with Gasteiger partial charge in [0.2, 0.25) is 0 Å². The van der Waals surface area contributed by atoms with Crippen molar-refractivity contribution >= 4 is 28.0 Å². The standard InChI is InChI=1S/C56H39NO/c1-3-13-40(14-4-1)45-18-11-20-47(37-45)42-25-31-50(32-26-42)57(51-33-27-43(28-34-51)48-21-12-19-46(38-48)41-15-5-2-6-16-41)52-35-29-44(30-36-52)53-22-8-9-23-54(53)56-39-49-17-7-10-24-55(49)58-56/h1-39H. The Kier molecular flexibility index (Phi) is 9.27. The van der Waals surface area contributed by atoms with Crippen LogP contribution in [0, 0.1) is 0 Å². The van der Waals surface area contributed by atoms with Crippen LogP contribution in [-0.4, -0.2) is 0 Å². The van der Waals surface area contributed by atoms with Gasteiger partial charge in [-0.2, -0.15) is 0 Å². The molecule has 0 fully saturated rings. The largest absolute Gasteiger partial charge is 0.456 e. The Balaban J connectivity index is 1.01. The van der Waals surface area contributed by atoms with Crippen molar-refractivity contribution in [1.82, 2.24) is 0 Å². The van der Waals surface area contributed by atoms with E-state index in [1.807, 2.05) is 18.2 Å². The van der Waals surface area contributed by atoms with E-state index in [4.69, 9.17) is 4.42 Å². The number of para-hydroxylation sites is 1. The van der Waals surface area contributed by atoms with Crippen LogP contribution in [0.15, 0.2) is 241 Å². The molecule has 2 heteroatoms. The number of fused-ring (bicyclic) bond motifs is 1. The zero-order valence-corrected chi connectivity index (χ0v) is 31.9. The van der Waals surface area contributed by atoms with E-state index in [-0.39, 0.29) is 0 Å². The molecule has 0 saturated heterocycles. The van der Waals surface area contributed by atoms with Gasteiger partial charge < -0.3 is 9.32 Å². The SMILES string of the molecule is c1ccc(-c2cccc(-c3ccc(N(c4ccc(-c5cccc(-c6ccccc6)c5)cc4)c4ccc(-c5ccccc5-c5cc6ccccc6o5)cc4)cc3)c2)cc1. The molecule has 0 atom stereocenters. The second kappa shape index (κ2) is 15.5. The molecule has 274 valence electrons. The molecule has 0 radical (unpaired) electrons. The lowest BCUT2D eigenvalue weighted by Crippen LogP contribution is -2.09. The number of hydrogen-bond acceptors (Lipinski definition) is 2. The van der Waals surface area contributed by atoms with Crippen molar-refractivity contribution in [3.05, 3.63) is 237 Å². The van der Waals surface area contributed by atoms with Crippen molar-refractivity contribution in [3.8, 4) is 67.0 Å². The molecule has 0 spiro atoms. The second-order valence-corrected chi connectivity index (χ2v) is 14.6. The van der Waals surface area contributed by atoms with Gasteiger partial charge in [-0.25, -0.2) is 0 Å². The van der Waals surface area contributed by atoms with Gasteiger partial charge in [-0.3, -0.25) is 0 Å². The molecule has 0 aliphatic carbocycles. The van der Waals surface area contributed by atoms with E-state index in [9.17, 15) is 0 Å². The van der Waals surface area contributed by atoms with Crippen LogP contribution in [0.3, 0.4) is 0 Å². The van der Waals surface area contributed by atoms with Crippen molar-refractivity contribution in [2.75, 3.05) is 4.90 Å². The maximum Gasteiger partial charge on any atom is 0.136 e. The first-order chi connectivity index (χ1) is 28.7. The summed E-state index contributed by atoms with van der Waals surface area (Å²) in [4.78, 5) is 2.34. The third-order valence-electron chi connectivity index (χ3n) is 10.9. The monoisotopic (exact) mass is 741 g/mol. The van der Waals surface area contributed by atoms with E-state index in [0.29, 0.717) is 0 Å². The summed E-state index contributed by atoms with van der Waals surface area (Å²) < 4.78 is 6.33. The Bertz CT molecular complexity index is 2800. The highest BCUT2D eigenvalue weighted by molar-refractivity contribution is 5.89. The molecular formula is C56H39NO. The molecule has 9 aromatic carbocycles. The van der Waals surface area contributed by atoms with Crippen LogP contribution in [0.5, 0.6) is 0 Å². The first kappa shape index (κ1) is 34.8. The predicted molar refractivity (Wildman–Crippen MR) is 244 cm³/mol. The van der Waals surface area contributed by atoms with E-state index < -0.39 is 0 Å². The first-order valence-electron chi connectivity index (χ1n) is 19.7. The van der Waals surface area contributed by atoms with E-state index in [1.54, 1.807) is 0 Å². The summed E-state index contributed by atoms with van der Waals surface area (Å²) in [6.07, 6.45) is 0. The maximum atomic E-state index is 6.33. The summed E-state index contributed by atoms with van der Waals surface area (Å²) in [5.41, 5.74) is 17.0. The Morgan fingerprint density at radius 2 is 0.638 bits per heavy atom. The summed E-state index contributed by atoms with van der Waals surface area (Å²) >= 11 is 0. The van der Waals surface area contributed by atoms with Crippen molar-refractivity contribution in [3.63, 3.8) is 0 Å². The highest BCUT2D eigenvalue weighted by Gasteiger charge is 2.16. The zero-order valence-electron chi connectivity index (χ0n) is 31.9. The van der Waals surface area contributed by atoms with Gasteiger partial charge in [0.15, 0.2) is 0 Å². The van der Waals surface area contributed by atoms with Gasteiger partial charge in [-0.15, -0.1) is 0 Å². The summed E-state index contributed by atoms with van der Waals surface area (Å²) in [6.45, 7) is 0. The summed E-state index contributed by atoms with van der Waals surface area (Å²) in [5.74, 6) is 0.867. The predicted octanol–water partition coefficient (Wildman–Crippen LogP) is 15.9. The molecule has 0 aliphatic heterocycles. The van der Waals surface area contributed by atoms with Gasteiger partial charge in [-0.05, 0) is 116 Å². The van der Waals surface area contributed by atoms with Gasteiger partial charge >= 0.3 is 0 Å². The van der Waals surface area contributed by atoms with Gasteiger partial charge in [0.1, 0.15) is 11.3 Å². The third kappa shape index (κ3) is 7.00. The molecule has 0 bridgehead atoms. The summed E-state index contributed by atoms with van der Waals surface area (Å²) in [6, 6.07) is 84.2. The quantitative estimate of drug-likeness (QED) is 0.146. The molecule has 0 aliphatic rings. The van der Waals surface area contributed by atoms with E-state index in [2.05, 4.69) is 223 Å². The summed E-state index contributed by atoms with van der Waals surface area (Å²) in [5, 5.41) is 1.10. The molecule has 2 nitrogen and oxygen atoms in total. The average molecular weight is 742 g/mol. The minimum absolute atomic E-state index is 0.867. The molecule has 1 heterocycles. The number of furan rings is 1. The van der Waals surface area contributed by atoms with E-state index in [1.165, 1.54) is 44.5 Å². The van der Waals surface area contributed by atoms with Crippen LogP contribution in [-0.2, 0) is 0 Å². The molecule has 0 unspecified atom stereocenters. The fourth-order valence-corrected chi connectivity index (χ4v) is 7.93. The van der Waals surface area contributed by atoms with Crippen LogP contribution >= 0.6 is 0 Å². The van der Waals surface area contributed by atoms with Crippen LogP contribution in [0.25, 0.3) is 77.9 Å². The zero-order chi connectivity index (χ0) is 38.7. The van der Waals surface area contributed by atoms with Crippen LogP contribution in [0.2, 0.25) is 0 Å². The molecule has 58 heavy (non-hydrogen) atoms. The van der Waals surface area contributed by atoms with Gasteiger partial charge in [-0.1, -0.05) is 176 Å². The number of nitrogens with zero attached hydrogens (tertiary/aromatic N) is 1. The summed E-state index contributed by atoms with van der Waals surface area (Å²) in [7, 11) is 0. The number of anilines is 3. The molecule has 0 amide bonds.